The van der Waals surface area contributed by atoms with Crippen molar-refractivity contribution < 1.29 is 0 Å². The molecule has 0 rings (SSSR count). The summed E-state index contributed by atoms with van der Waals surface area (Å²) >= 11 is 0. The average Bonchev–Trinajstić information content (AvgIpc) is 1.64. The summed E-state index contributed by atoms with van der Waals surface area (Å²) in [6.07, 6.45) is 2.20. The van der Waals surface area contributed by atoms with Crippen LogP contribution in [0.15, 0.2) is 0 Å². The maximum atomic E-state index is 5.99. The second kappa shape index (κ2) is 4.70. The molecule has 0 fully saturated rings. The van der Waals surface area contributed by atoms with Crippen LogP contribution in [0.4, 0.5) is 0 Å². The van der Waals surface area contributed by atoms with E-state index in [2.05, 4.69) is 13.8 Å². The fourth-order valence-corrected chi connectivity index (χ4v) is 3.95. The van der Waals surface area contributed by atoms with E-state index in [0.717, 1.165) is 24.3 Å². The molecule has 0 aromatic carbocycles. The molecule has 0 N–H and O–H groups in total. The third kappa shape index (κ3) is 5.38. The summed E-state index contributed by atoms with van der Waals surface area (Å²) in [5, 5.41) is 0. The molecule has 0 aliphatic rings. The van der Waals surface area contributed by atoms with E-state index in [1.807, 2.05) is 0 Å². The van der Waals surface area contributed by atoms with Gasteiger partial charge in [-0.2, -0.15) is 0 Å². The van der Waals surface area contributed by atoms with Crippen molar-refractivity contribution in [2.45, 2.75) is 26.7 Å². The zero-order valence-corrected chi connectivity index (χ0v) is 8.32. The van der Waals surface area contributed by atoms with E-state index in [1.165, 1.54) is 0 Å². The van der Waals surface area contributed by atoms with Crippen molar-refractivity contribution in [2.24, 2.45) is 0 Å². The Hall–Kier alpha value is 0.930. The molecular weight excluding hydrogens is 175 g/mol. The molecule has 0 nitrogen and oxygen atoms in total. The van der Waals surface area contributed by atoms with Crippen LogP contribution < -0.4 is 0 Å². The predicted molar refractivity (Wildman–Crippen MR) is 49.6 cm³/mol. The first-order chi connectivity index (χ1) is 4.12. The molecule has 0 aromatic heterocycles. The lowest BCUT2D eigenvalue weighted by Crippen LogP contribution is -1.93. The van der Waals surface area contributed by atoms with E-state index in [0.29, 0.717) is 0 Å². The van der Waals surface area contributed by atoms with Crippen LogP contribution >= 0.6 is 29.8 Å². The van der Waals surface area contributed by atoms with E-state index in [4.69, 9.17) is 21.4 Å². The van der Waals surface area contributed by atoms with Crippen LogP contribution in [0, 0.1) is 0 Å². The molecule has 0 aliphatic carbocycles. The Morgan fingerprint density at radius 3 is 1.56 bits per heavy atom. The van der Waals surface area contributed by atoms with Gasteiger partial charge < -0.3 is 0 Å². The van der Waals surface area contributed by atoms with Crippen LogP contribution in [0.3, 0.4) is 0 Å². The van der Waals surface area contributed by atoms with Crippen molar-refractivity contribution in [2.75, 3.05) is 11.5 Å². The summed E-state index contributed by atoms with van der Waals surface area (Å²) < 4.78 is 0. The minimum atomic E-state index is -1.24. The Morgan fingerprint density at radius 1 is 1.00 bits per heavy atom. The topological polar surface area (TPSA) is 0 Å². The third-order valence-electron chi connectivity index (χ3n) is 1.01. The van der Waals surface area contributed by atoms with E-state index in [9.17, 15) is 0 Å². The fraction of sp³-hybridized carbons (Fsp3) is 1.00. The number of hydrogen-bond donors (Lipinski definition) is 0. The second-order valence-corrected chi connectivity index (χ2v) is 8.34. The van der Waals surface area contributed by atoms with E-state index in [-0.39, 0.29) is 0 Å². The van der Waals surface area contributed by atoms with Crippen molar-refractivity contribution in [1.29, 1.82) is 0 Å². The minimum absolute atomic E-state index is 0.990. The van der Waals surface area contributed by atoms with Crippen molar-refractivity contribution in [3.63, 3.8) is 0 Å². The van der Waals surface area contributed by atoms with Gasteiger partial charge in [0.15, 0.2) is 0 Å². The molecule has 0 heterocycles. The Morgan fingerprint density at radius 2 is 1.33 bits per heavy atom. The van der Waals surface area contributed by atoms with Gasteiger partial charge in [-0.25, -0.2) is 0 Å². The quantitative estimate of drug-likeness (QED) is 0.628. The van der Waals surface area contributed by atoms with Gasteiger partial charge in [0, 0.05) is 11.5 Å². The average molecular weight is 189 g/mol. The normalized spacial score (nSPS) is 13.8. The first-order valence-electron chi connectivity index (χ1n) is 3.30. The van der Waals surface area contributed by atoms with Gasteiger partial charge in [0.1, 0.15) is 0 Å². The van der Waals surface area contributed by atoms with Crippen LogP contribution in [0.2, 0.25) is 0 Å². The van der Waals surface area contributed by atoms with Crippen LogP contribution in [-0.4, -0.2) is 11.5 Å². The predicted octanol–water partition coefficient (Wildman–Crippen LogP) is 3.92. The lowest BCUT2D eigenvalue weighted by molar-refractivity contribution is 1.07. The van der Waals surface area contributed by atoms with Crippen LogP contribution in [0.1, 0.15) is 26.7 Å². The van der Waals surface area contributed by atoms with Gasteiger partial charge in [-0.1, -0.05) is 43.7 Å². The standard InChI is InChI=1S/C6H14Cl2S/c1-3-5-9(7,8)6-4-2/h3-6H2,1-2H3. The Balaban J connectivity index is 3.43. The second-order valence-electron chi connectivity index (χ2n) is 2.11. The molecule has 0 spiro atoms. The maximum Gasteiger partial charge on any atom is 0.00275 e. The molecule has 0 saturated heterocycles. The van der Waals surface area contributed by atoms with Gasteiger partial charge in [-0.15, -0.1) is 0 Å². The summed E-state index contributed by atoms with van der Waals surface area (Å²) in [6, 6.07) is 0. The van der Waals surface area contributed by atoms with E-state index < -0.39 is 8.46 Å². The van der Waals surface area contributed by atoms with Crippen LogP contribution in [0.25, 0.3) is 0 Å². The number of hydrogen-bond acceptors (Lipinski definition) is 0. The summed E-state index contributed by atoms with van der Waals surface area (Å²) in [7, 11) is 10.7. The van der Waals surface area contributed by atoms with Gasteiger partial charge in [0.25, 0.3) is 0 Å². The summed E-state index contributed by atoms with van der Waals surface area (Å²) in [4.78, 5) is 0. The highest BCUT2D eigenvalue weighted by atomic mass is 36.0. The smallest absolute Gasteiger partial charge is 0.00275 e. The summed E-state index contributed by atoms with van der Waals surface area (Å²) in [6.45, 7) is 4.23. The Bertz CT molecular complexity index is 65.5. The molecule has 3 heteroatoms. The highest BCUT2D eigenvalue weighted by molar-refractivity contribution is 8.65. The molecule has 9 heavy (non-hydrogen) atoms. The molecular formula is C6H14Cl2S. The molecule has 0 aromatic rings. The van der Waals surface area contributed by atoms with Crippen molar-refractivity contribution in [3.05, 3.63) is 0 Å². The first kappa shape index (κ1) is 9.93. The van der Waals surface area contributed by atoms with E-state index in [1.54, 1.807) is 0 Å². The molecule has 0 aliphatic heterocycles. The largest absolute Gasteiger partial charge is 0.0844 e. The van der Waals surface area contributed by atoms with Gasteiger partial charge in [-0.05, 0) is 12.8 Å². The fourth-order valence-electron chi connectivity index (χ4n) is 0.699. The Labute approximate surface area is 68.2 Å². The van der Waals surface area contributed by atoms with Gasteiger partial charge in [-0.3, -0.25) is 0 Å². The zero-order valence-electron chi connectivity index (χ0n) is 5.99. The molecule has 0 amide bonds. The zero-order chi connectivity index (χ0) is 7.33. The minimum Gasteiger partial charge on any atom is -0.0844 e. The molecule has 0 bridgehead atoms. The van der Waals surface area contributed by atoms with E-state index >= 15 is 0 Å². The Kier molecular flexibility index (Phi) is 5.19. The lowest BCUT2D eigenvalue weighted by atomic mass is 10.6. The highest BCUT2D eigenvalue weighted by Crippen LogP contribution is 2.58. The molecule has 0 atom stereocenters. The molecule has 0 radical (unpaired) electrons. The first-order valence-corrected chi connectivity index (χ1v) is 6.92. The van der Waals surface area contributed by atoms with Crippen molar-refractivity contribution in [3.8, 4) is 0 Å². The molecule has 0 unspecified atom stereocenters. The highest BCUT2D eigenvalue weighted by Gasteiger charge is 2.13. The van der Waals surface area contributed by atoms with Crippen LogP contribution in [0.5, 0.6) is 0 Å². The third-order valence-corrected chi connectivity index (χ3v) is 4.87. The summed E-state index contributed by atoms with van der Waals surface area (Å²) in [5.41, 5.74) is 0. The molecule has 58 valence electrons. The van der Waals surface area contributed by atoms with Crippen LogP contribution in [-0.2, 0) is 0 Å². The van der Waals surface area contributed by atoms with Gasteiger partial charge in [0.05, 0.1) is 0 Å². The lowest BCUT2D eigenvalue weighted by Gasteiger charge is -2.22. The maximum absolute atomic E-state index is 5.99. The molecule has 0 saturated carbocycles. The van der Waals surface area contributed by atoms with Gasteiger partial charge >= 0.3 is 0 Å². The monoisotopic (exact) mass is 188 g/mol. The van der Waals surface area contributed by atoms with Gasteiger partial charge in [0.2, 0.25) is 0 Å². The number of halogens is 2. The number of rotatable bonds is 4. The SMILES string of the molecule is CCCS(Cl)(Cl)CCC. The van der Waals surface area contributed by atoms with Crippen molar-refractivity contribution >= 4 is 29.8 Å². The summed E-state index contributed by atoms with van der Waals surface area (Å²) in [5.74, 6) is 1.98. The van der Waals surface area contributed by atoms with Crippen molar-refractivity contribution in [1.82, 2.24) is 0 Å².